The van der Waals surface area contributed by atoms with Crippen LogP contribution in [-0.4, -0.2) is 32.2 Å². The highest BCUT2D eigenvalue weighted by Crippen LogP contribution is 2.33. The average Bonchev–Trinajstić information content (AvgIpc) is 3.28. The van der Waals surface area contributed by atoms with Gasteiger partial charge in [-0.05, 0) is 28.1 Å². The second kappa shape index (κ2) is 6.20. The van der Waals surface area contributed by atoms with Crippen LogP contribution in [0.1, 0.15) is 21.6 Å². The molecule has 0 unspecified atom stereocenters. The first-order valence-electron chi connectivity index (χ1n) is 8.85. The molecule has 0 atom stereocenters. The van der Waals surface area contributed by atoms with E-state index in [-0.39, 0.29) is 11.6 Å². The van der Waals surface area contributed by atoms with Crippen molar-refractivity contribution in [3.8, 4) is 0 Å². The van der Waals surface area contributed by atoms with E-state index >= 15 is 0 Å². The van der Waals surface area contributed by atoms with E-state index in [2.05, 4.69) is 32.0 Å². The van der Waals surface area contributed by atoms with Crippen LogP contribution < -0.4 is 0 Å². The number of non-ortho nitro benzene ring substituents is 1. The SMILES string of the molecule is O=C(c1c[nH]c2ccc([N+](=O)[O-])cc12)N1CCc2[nH]c3c(Br)cccc3c2C1. The number of hydrogen-bond acceptors (Lipinski definition) is 3. The van der Waals surface area contributed by atoms with Crippen LogP contribution in [-0.2, 0) is 13.0 Å². The number of nitrogens with one attached hydrogen (secondary N) is 2. The lowest BCUT2D eigenvalue weighted by Gasteiger charge is -2.27. The maximum absolute atomic E-state index is 13.2. The summed E-state index contributed by atoms with van der Waals surface area (Å²) in [5.74, 6) is -0.123. The quantitative estimate of drug-likeness (QED) is 0.355. The lowest BCUT2D eigenvalue weighted by atomic mass is 10.0. The Morgan fingerprint density at radius 1 is 1.21 bits per heavy atom. The average molecular weight is 439 g/mol. The topological polar surface area (TPSA) is 95.0 Å². The van der Waals surface area contributed by atoms with E-state index in [9.17, 15) is 14.9 Å². The number of fused-ring (bicyclic) bond motifs is 4. The smallest absolute Gasteiger partial charge is 0.270 e. The summed E-state index contributed by atoms with van der Waals surface area (Å²) < 4.78 is 1.00. The molecule has 28 heavy (non-hydrogen) atoms. The molecule has 0 aliphatic carbocycles. The van der Waals surface area contributed by atoms with Crippen molar-refractivity contribution in [1.29, 1.82) is 0 Å². The lowest BCUT2D eigenvalue weighted by molar-refractivity contribution is -0.384. The number of carbonyl (C=O) groups is 1. The zero-order chi connectivity index (χ0) is 19.4. The molecule has 2 aromatic carbocycles. The van der Waals surface area contributed by atoms with Crippen molar-refractivity contribution < 1.29 is 9.72 Å². The van der Waals surface area contributed by atoms with Gasteiger partial charge in [0.2, 0.25) is 0 Å². The van der Waals surface area contributed by atoms with Crippen LogP contribution in [0.3, 0.4) is 0 Å². The van der Waals surface area contributed by atoms with Gasteiger partial charge in [0.1, 0.15) is 0 Å². The Balaban J connectivity index is 1.53. The standard InChI is InChI=1S/C20H15BrN4O3/c21-16-3-1-2-12-15-10-24(7-6-18(15)23-19(12)16)20(26)14-9-22-17-5-4-11(25(27)28)8-13(14)17/h1-5,8-9,22-23H,6-7,10H2. The van der Waals surface area contributed by atoms with Gasteiger partial charge in [0.05, 0.1) is 16.0 Å². The highest BCUT2D eigenvalue weighted by Gasteiger charge is 2.27. The third-order valence-electron chi connectivity index (χ3n) is 5.35. The summed E-state index contributed by atoms with van der Waals surface area (Å²) in [4.78, 5) is 32.2. The van der Waals surface area contributed by atoms with Crippen LogP contribution in [0.5, 0.6) is 0 Å². The fourth-order valence-corrected chi connectivity index (χ4v) is 4.41. The Morgan fingerprint density at radius 2 is 2.07 bits per heavy atom. The number of H-pyrrole nitrogens is 2. The monoisotopic (exact) mass is 438 g/mol. The van der Waals surface area contributed by atoms with Crippen molar-refractivity contribution in [3.05, 3.63) is 74.0 Å². The molecule has 0 bridgehead atoms. The van der Waals surface area contributed by atoms with Gasteiger partial charge in [0, 0.05) is 69.9 Å². The molecule has 0 radical (unpaired) electrons. The van der Waals surface area contributed by atoms with Crippen LogP contribution in [0.2, 0.25) is 0 Å². The van der Waals surface area contributed by atoms with Crippen molar-refractivity contribution in [2.24, 2.45) is 0 Å². The van der Waals surface area contributed by atoms with Gasteiger partial charge >= 0.3 is 0 Å². The van der Waals surface area contributed by atoms with Gasteiger partial charge in [0.25, 0.3) is 11.6 Å². The number of amides is 1. The van der Waals surface area contributed by atoms with Gasteiger partial charge in [-0.2, -0.15) is 0 Å². The molecular weight excluding hydrogens is 424 g/mol. The van der Waals surface area contributed by atoms with Crippen molar-refractivity contribution in [3.63, 3.8) is 0 Å². The first-order valence-corrected chi connectivity index (χ1v) is 9.65. The van der Waals surface area contributed by atoms with E-state index in [1.165, 1.54) is 12.1 Å². The number of aromatic amines is 2. The molecule has 2 N–H and O–H groups in total. The van der Waals surface area contributed by atoms with Crippen molar-refractivity contribution in [2.45, 2.75) is 13.0 Å². The van der Waals surface area contributed by atoms with E-state index in [0.29, 0.717) is 29.6 Å². The molecule has 3 heterocycles. The Hall–Kier alpha value is -3.13. The van der Waals surface area contributed by atoms with E-state index < -0.39 is 4.92 Å². The molecule has 0 spiro atoms. The first kappa shape index (κ1) is 17.0. The Labute approximate surface area is 167 Å². The summed E-state index contributed by atoms with van der Waals surface area (Å²) in [6.45, 7) is 1.10. The van der Waals surface area contributed by atoms with Crippen molar-refractivity contribution in [1.82, 2.24) is 14.9 Å². The Kier molecular flexibility index (Phi) is 3.77. The molecule has 4 aromatic rings. The number of aromatic nitrogens is 2. The van der Waals surface area contributed by atoms with E-state index in [4.69, 9.17) is 0 Å². The number of halogens is 1. The number of nitro groups is 1. The van der Waals surface area contributed by atoms with E-state index in [1.54, 1.807) is 17.2 Å². The number of nitrogens with zero attached hydrogens (tertiary/aromatic N) is 2. The van der Waals surface area contributed by atoms with E-state index in [1.807, 2.05) is 12.1 Å². The molecule has 1 aliphatic rings. The number of rotatable bonds is 2. The normalized spacial score (nSPS) is 13.8. The molecule has 0 saturated heterocycles. The number of para-hydroxylation sites is 1. The van der Waals surface area contributed by atoms with Crippen LogP contribution in [0.25, 0.3) is 21.8 Å². The van der Waals surface area contributed by atoms with Crippen LogP contribution >= 0.6 is 15.9 Å². The van der Waals surface area contributed by atoms with Gasteiger partial charge < -0.3 is 14.9 Å². The van der Waals surface area contributed by atoms with Crippen molar-refractivity contribution >= 4 is 49.3 Å². The molecule has 1 amide bonds. The summed E-state index contributed by atoms with van der Waals surface area (Å²) >= 11 is 3.57. The minimum Gasteiger partial charge on any atom is -0.360 e. The first-order chi connectivity index (χ1) is 13.5. The molecule has 2 aromatic heterocycles. The van der Waals surface area contributed by atoms with Gasteiger partial charge in [-0.1, -0.05) is 12.1 Å². The van der Waals surface area contributed by atoms with Crippen molar-refractivity contribution in [2.75, 3.05) is 6.54 Å². The second-order valence-electron chi connectivity index (χ2n) is 6.91. The van der Waals surface area contributed by atoms with Gasteiger partial charge in [0.15, 0.2) is 0 Å². The molecule has 7 nitrogen and oxygen atoms in total. The maximum Gasteiger partial charge on any atom is 0.270 e. The minimum atomic E-state index is -0.447. The third-order valence-corrected chi connectivity index (χ3v) is 6.01. The van der Waals surface area contributed by atoms with E-state index in [0.717, 1.165) is 33.1 Å². The summed E-state index contributed by atoms with van der Waals surface area (Å²) in [6.07, 6.45) is 2.38. The highest BCUT2D eigenvalue weighted by atomic mass is 79.9. The Morgan fingerprint density at radius 3 is 2.89 bits per heavy atom. The van der Waals surface area contributed by atoms with Crippen LogP contribution in [0.4, 0.5) is 5.69 Å². The minimum absolute atomic E-state index is 0.0245. The van der Waals surface area contributed by atoms with Crippen LogP contribution in [0.15, 0.2) is 47.1 Å². The summed E-state index contributed by atoms with van der Waals surface area (Å²) in [5.41, 5.74) is 4.47. The molecule has 5 rings (SSSR count). The molecular formula is C20H15BrN4O3. The molecule has 1 aliphatic heterocycles. The fourth-order valence-electron chi connectivity index (χ4n) is 3.95. The van der Waals surface area contributed by atoms with Gasteiger partial charge in [-0.15, -0.1) is 0 Å². The summed E-state index contributed by atoms with van der Waals surface area (Å²) in [6, 6.07) is 10.6. The Bertz CT molecular complexity index is 1270. The fraction of sp³-hybridized carbons (Fsp3) is 0.150. The number of benzene rings is 2. The lowest BCUT2D eigenvalue weighted by Crippen LogP contribution is -2.35. The molecule has 8 heteroatoms. The van der Waals surface area contributed by atoms with Gasteiger partial charge in [-0.3, -0.25) is 14.9 Å². The predicted octanol–water partition coefficient (Wildman–Crippen LogP) is 4.52. The molecule has 0 fully saturated rings. The molecule has 140 valence electrons. The van der Waals surface area contributed by atoms with Gasteiger partial charge in [-0.25, -0.2) is 0 Å². The summed E-state index contributed by atoms with van der Waals surface area (Å²) in [5, 5.41) is 12.8. The number of nitro benzene ring substituents is 1. The second-order valence-corrected chi connectivity index (χ2v) is 7.76. The predicted molar refractivity (Wildman–Crippen MR) is 109 cm³/mol. The summed E-state index contributed by atoms with van der Waals surface area (Å²) in [7, 11) is 0. The third kappa shape index (κ3) is 2.52. The number of hydrogen-bond donors (Lipinski definition) is 2. The zero-order valence-electron chi connectivity index (χ0n) is 14.7. The zero-order valence-corrected chi connectivity index (χ0v) is 16.2. The maximum atomic E-state index is 13.2. The highest BCUT2D eigenvalue weighted by molar-refractivity contribution is 9.10. The number of carbonyl (C=O) groups excluding carboxylic acids is 1. The molecule has 0 saturated carbocycles. The van der Waals surface area contributed by atoms with Crippen LogP contribution in [0, 0.1) is 10.1 Å². The largest absolute Gasteiger partial charge is 0.360 e.